The van der Waals surface area contributed by atoms with Crippen LogP contribution in [0.2, 0.25) is 0 Å². The summed E-state index contributed by atoms with van der Waals surface area (Å²) in [4.78, 5) is 34.8. The molecule has 3 N–H and O–H groups in total. The molecular formula is C11H21N3O4. The smallest absolute Gasteiger partial charge is 0.326 e. The number of nitrogens with one attached hydrogen (secondary N) is 2. The van der Waals surface area contributed by atoms with Crippen molar-refractivity contribution in [2.45, 2.75) is 39.3 Å². The molecule has 0 fully saturated rings. The van der Waals surface area contributed by atoms with Gasteiger partial charge in [0.05, 0.1) is 6.54 Å². The van der Waals surface area contributed by atoms with Gasteiger partial charge in [-0.1, -0.05) is 6.92 Å². The topological polar surface area (TPSA) is 98.7 Å². The summed E-state index contributed by atoms with van der Waals surface area (Å²) >= 11 is 0. The van der Waals surface area contributed by atoms with Crippen LogP contribution in [0.4, 0.5) is 4.79 Å². The Morgan fingerprint density at radius 2 is 1.83 bits per heavy atom. The van der Waals surface area contributed by atoms with E-state index in [1.807, 2.05) is 13.8 Å². The first-order valence-corrected chi connectivity index (χ1v) is 5.82. The van der Waals surface area contributed by atoms with E-state index in [0.29, 0.717) is 6.42 Å². The van der Waals surface area contributed by atoms with Crippen molar-refractivity contribution in [1.29, 1.82) is 0 Å². The molecule has 3 amide bonds. The highest BCUT2D eigenvalue weighted by Crippen LogP contribution is 2.01. The Bertz CT molecular complexity index is 317. The lowest BCUT2D eigenvalue weighted by Crippen LogP contribution is -2.49. The van der Waals surface area contributed by atoms with Crippen LogP contribution in [0.5, 0.6) is 0 Å². The van der Waals surface area contributed by atoms with Crippen molar-refractivity contribution in [3.63, 3.8) is 0 Å². The largest absolute Gasteiger partial charge is 0.480 e. The molecule has 18 heavy (non-hydrogen) atoms. The van der Waals surface area contributed by atoms with Gasteiger partial charge in [0.25, 0.3) is 0 Å². The molecule has 0 aromatic rings. The number of rotatable bonds is 6. The van der Waals surface area contributed by atoms with Gasteiger partial charge >= 0.3 is 12.0 Å². The molecule has 0 aliphatic rings. The van der Waals surface area contributed by atoms with Crippen LogP contribution in [0.1, 0.15) is 27.2 Å². The van der Waals surface area contributed by atoms with Crippen LogP contribution in [0, 0.1) is 0 Å². The Morgan fingerprint density at radius 1 is 1.28 bits per heavy atom. The van der Waals surface area contributed by atoms with Crippen molar-refractivity contribution in [1.82, 2.24) is 15.5 Å². The molecule has 0 rings (SSSR count). The summed E-state index contributed by atoms with van der Waals surface area (Å²) in [6, 6.07) is -1.48. The van der Waals surface area contributed by atoms with Gasteiger partial charge in [-0.25, -0.2) is 9.59 Å². The summed E-state index contributed by atoms with van der Waals surface area (Å²) in [5.41, 5.74) is 0. The number of amides is 3. The first-order chi connectivity index (χ1) is 8.29. The lowest BCUT2D eigenvalue weighted by molar-refractivity contribution is -0.141. The molecular weight excluding hydrogens is 238 g/mol. The lowest BCUT2D eigenvalue weighted by atomic mass is 10.2. The molecule has 0 aliphatic carbocycles. The van der Waals surface area contributed by atoms with Crippen LogP contribution in [0.15, 0.2) is 0 Å². The molecule has 0 radical (unpaired) electrons. The highest BCUT2D eigenvalue weighted by Gasteiger charge is 2.24. The quantitative estimate of drug-likeness (QED) is 0.626. The summed E-state index contributed by atoms with van der Waals surface area (Å²) in [6.07, 6.45) is 0.303. The fourth-order valence-electron chi connectivity index (χ4n) is 1.41. The van der Waals surface area contributed by atoms with Gasteiger partial charge in [-0.3, -0.25) is 4.79 Å². The van der Waals surface area contributed by atoms with E-state index in [4.69, 9.17) is 5.11 Å². The Labute approximate surface area is 107 Å². The van der Waals surface area contributed by atoms with Crippen molar-refractivity contribution in [2.24, 2.45) is 0 Å². The zero-order chi connectivity index (χ0) is 14.3. The van der Waals surface area contributed by atoms with E-state index in [0.717, 1.165) is 4.90 Å². The predicted molar refractivity (Wildman–Crippen MR) is 66.2 cm³/mol. The van der Waals surface area contributed by atoms with E-state index < -0.39 is 18.0 Å². The SMILES string of the molecule is CCC(C(=O)O)N(C)C(=O)NCC(=O)NC(C)C. The Hall–Kier alpha value is -1.79. The Kier molecular flexibility index (Phi) is 6.77. The van der Waals surface area contributed by atoms with E-state index >= 15 is 0 Å². The summed E-state index contributed by atoms with van der Waals surface area (Å²) in [7, 11) is 1.39. The summed E-state index contributed by atoms with van der Waals surface area (Å²) in [5, 5.41) is 13.9. The van der Waals surface area contributed by atoms with E-state index in [1.54, 1.807) is 6.92 Å². The number of carboxylic acid groups (broad SMARTS) is 1. The second-order valence-corrected chi connectivity index (χ2v) is 4.25. The third-order valence-electron chi connectivity index (χ3n) is 2.31. The molecule has 0 aliphatic heterocycles. The van der Waals surface area contributed by atoms with Crippen LogP contribution in [-0.2, 0) is 9.59 Å². The minimum Gasteiger partial charge on any atom is -0.480 e. The number of carbonyl (C=O) groups is 3. The molecule has 0 aromatic carbocycles. The second-order valence-electron chi connectivity index (χ2n) is 4.25. The summed E-state index contributed by atoms with van der Waals surface area (Å²) in [5.74, 6) is -1.38. The Balaban J connectivity index is 4.24. The van der Waals surface area contributed by atoms with Crippen molar-refractivity contribution >= 4 is 17.9 Å². The van der Waals surface area contributed by atoms with Gasteiger partial charge in [0.2, 0.25) is 5.91 Å². The van der Waals surface area contributed by atoms with Crippen molar-refractivity contribution < 1.29 is 19.5 Å². The number of hydrogen-bond donors (Lipinski definition) is 3. The average Bonchev–Trinajstić information content (AvgIpc) is 2.25. The number of aliphatic carboxylic acids is 1. The van der Waals surface area contributed by atoms with Crippen molar-refractivity contribution in [3.8, 4) is 0 Å². The van der Waals surface area contributed by atoms with Gasteiger partial charge < -0.3 is 20.6 Å². The molecule has 7 heteroatoms. The highest BCUT2D eigenvalue weighted by molar-refractivity contribution is 5.86. The fraction of sp³-hybridized carbons (Fsp3) is 0.727. The van der Waals surface area contributed by atoms with Gasteiger partial charge in [0.15, 0.2) is 0 Å². The molecule has 0 bridgehead atoms. The van der Waals surface area contributed by atoms with Crippen molar-refractivity contribution in [2.75, 3.05) is 13.6 Å². The van der Waals surface area contributed by atoms with Crippen molar-refractivity contribution in [3.05, 3.63) is 0 Å². The van der Waals surface area contributed by atoms with Crippen LogP contribution < -0.4 is 10.6 Å². The molecule has 1 unspecified atom stereocenters. The number of nitrogens with zero attached hydrogens (tertiary/aromatic N) is 1. The summed E-state index contributed by atoms with van der Waals surface area (Å²) in [6.45, 7) is 5.12. The average molecular weight is 259 g/mol. The molecule has 0 saturated heterocycles. The van der Waals surface area contributed by atoms with Crippen LogP contribution in [0.25, 0.3) is 0 Å². The number of carboxylic acids is 1. The molecule has 104 valence electrons. The van der Waals surface area contributed by atoms with Gasteiger partial charge in [0.1, 0.15) is 6.04 Å². The maximum absolute atomic E-state index is 11.6. The second kappa shape index (κ2) is 7.52. The third kappa shape index (κ3) is 5.51. The number of hydrogen-bond acceptors (Lipinski definition) is 3. The fourth-order valence-corrected chi connectivity index (χ4v) is 1.41. The zero-order valence-electron chi connectivity index (χ0n) is 11.2. The van der Waals surface area contributed by atoms with Crippen LogP contribution in [-0.4, -0.2) is 53.6 Å². The van der Waals surface area contributed by atoms with Gasteiger partial charge in [-0.2, -0.15) is 0 Å². The minimum absolute atomic E-state index is 0.00505. The standard InChI is InChI=1S/C11H21N3O4/c1-5-8(10(16)17)14(4)11(18)12-6-9(15)13-7(2)3/h7-8H,5-6H2,1-4H3,(H,12,18)(H,13,15)(H,16,17). The monoisotopic (exact) mass is 259 g/mol. The molecule has 0 heterocycles. The normalized spacial score (nSPS) is 11.8. The molecule has 0 aromatic heterocycles. The number of urea groups is 1. The molecule has 7 nitrogen and oxygen atoms in total. The molecule has 0 spiro atoms. The van der Waals surface area contributed by atoms with E-state index in [-0.39, 0.29) is 18.5 Å². The molecule has 0 saturated carbocycles. The number of likely N-dealkylation sites (N-methyl/N-ethyl adjacent to an activating group) is 1. The maximum atomic E-state index is 11.6. The van der Waals surface area contributed by atoms with Crippen LogP contribution in [0.3, 0.4) is 0 Å². The van der Waals surface area contributed by atoms with Gasteiger partial charge in [0, 0.05) is 13.1 Å². The zero-order valence-corrected chi connectivity index (χ0v) is 11.2. The number of carbonyl (C=O) groups excluding carboxylic acids is 2. The van der Waals surface area contributed by atoms with Gasteiger partial charge in [-0.05, 0) is 20.3 Å². The highest BCUT2D eigenvalue weighted by atomic mass is 16.4. The maximum Gasteiger partial charge on any atom is 0.326 e. The van der Waals surface area contributed by atoms with Gasteiger partial charge in [-0.15, -0.1) is 0 Å². The third-order valence-corrected chi connectivity index (χ3v) is 2.31. The minimum atomic E-state index is -1.07. The van der Waals surface area contributed by atoms with E-state index in [1.165, 1.54) is 7.05 Å². The lowest BCUT2D eigenvalue weighted by Gasteiger charge is -2.23. The molecule has 1 atom stereocenters. The Morgan fingerprint density at radius 3 is 2.22 bits per heavy atom. The van der Waals surface area contributed by atoms with E-state index in [2.05, 4.69) is 10.6 Å². The summed E-state index contributed by atoms with van der Waals surface area (Å²) < 4.78 is 0. The van der Waals surface area contributed by atoms with E-state index in [9.17, 15) is 14.4 Å². The predicted octanol–water partition coefficient (Wildman–Crippen LogP) is 0.0156. The first kappa shape index (κ1) is 16.2. The van der Waals surface area contributed by atoms with Crippen LogP contribution >= 0.6 is 0 Å². The first-order valence-electron chi connectivity index (χ1n) is 5.82.